The second kappa shape index (κ2) is 5.54. The van der Waals surface area contributed by atoms with Crippen LogP contribution >= 0.6 is 0 Å². The van der Waals surface area contributed by atoms with Crippen LogP contribution in [0.1, 0.15) is 32.3 Å². The lowest BCUT2D eigenvalue weighted by Crippen LogP contribution is -2.28. The van der Waals surface area contributed by atoms with Crippen molar-refractivity contribution in [2.75, 3.05) is 18.8 Å². The molecule has 17 heavy (non-hydrogen) atoms. The van der Waals surface area contributed by atoms with Gasteiger partial charge >= 0.3 is 0 Å². The first-order valence-electron chi connectivity index (χ1n) is 6.73. The Hall–Kier alpha value is -1.02. The second-order valence-electron chi connectivity index (χ2n) is 5.53. The Bertz CT molecular complexity index is 362. The molecule has 1 aromatic rings. The molecule has 0 saturated carbocycles. The van der Waals surface area contributed by atoms with Crippen LogP contribution in [0.4, 0.5) is 5.69 Å². The third-order valence-electron chi connectivity index (χ3n) is 3.77. The van der Waals surface area contributed by atoms with E-state index in [4.69, 9.17) is 5.73 Å². The zero-order chi connectivity index (χ0) is 12.3. The highest BCUT2D eigenvalue weighted by atomic mass is 15.2. The molecule has 2 rings (SSSR count). The predicted octanol–water partition coefficient (Wildman–Crippen LogP) is 2.93. The van der Waals surface area contributed by atoms with Gasteiger partial charge in [-0.3, -0.25) is 0 Å². The summed E-state index contributed by atoms with van der Waals surface area (Å²) in [6.45, 7) is 7.21. The van der Waals surface area contributed by atoms with Crippen molar-refractivity contribution in [1.82, 2.24) is 4.90 Å². The molecule has 0 amide bonds. The maximum absolute atomic E-state index is 5.78. The van der Waals surface area contributed by atoms with Crippen LogP contribution in [0.25, 0.3) is 0 Å². The monoisotopic (exact) mass is 232 g/mol. The van der Waals surface area contributed by atoms with Crippen molar-refractivity contribution in [2.45, 2.75) is 39.2 Å². The van der Waals surface area contributed by atoms with Gasteiger partial charge < -0.3 is 10.6 Å². The molecule has 0 aliphatic carbocycles. The minimum Gasteiger partial charge on any atom is -0.399 e. The number of nitrogens with zero attached hydrogens (tertiary/aromatic N) is 1. The summed E-state index contributed by atoms with van der Waals surface area (Å²) in [7, 11) is 0. The van der Waals surface area contributed by atoms with Gasteiger partial charge in [-0.05, 0) is 56.3 Å². The van der Waals surface area contributed by atoms with Crippen molar-refractivity contribution in [3.8, 4) is 0 Å². The highest BCUT2D eigenvalue weighted by Gasteiger charge is 2.24. The van der Waals surface area contributed by atoms with Crippen molar-refractivity contribution in [2.24, 2.45) is 5.92 Å². The number of nitrogens with two attached hydrogens (primary N) is 1. The Balaban J connectivity index is 1.76. The van der Waals surface area contributed by atoms with Crippen LogP contribution < -0.4 is 5.73 Å². The van der Waals surface area contributed by atoms with Gasteiger partial charge in [-0.1, -0.05) is 19.1 Å². The molecule has 0 bridgehead atoms. The molecule has 2 atom stereocenters. The molecular formula is C15H24N2. The highest BCUT2D eigenvalue weighted by Crippen LogP contribution is 2.22. The van der Waals surface area contributed by atoms with Gasteiger partial charge in [-0.2, -0.15) is 0 Å². The number of benzene rings is 1. The van der Waals surface area contributed by atoms with E-state index >= 15 is 0 Å². The smallest absolute Gasteiger partial charge is 0.0316 e. The van der Waals surface area contributed by atoms with Crippen molar-refractivity contribution >= 4 is 5.69 Å². The summed E-state index contributed by atoms with van der Waals surface area (Å²) in [6.07, 6.45) is 3.74. The van der Waals surface area contributed by atoms with Crippen LogP contribution in [-0.4, -0.2) is 24.0 Å². The topological polar surface area (TPSA) is 29.3 Å². The molecule has 0 spiro atoms. The van der Waals surface area contributed by atoms with E-state index in [9.17, 15) is 0 Å². The summed E-state index contributed by atoms with van der Waals surface area (Å²) in [5.74, 6) is 0.873. The summed E-state index contributed by atoms with van der Waals surface area (Å²) in [6, 6.07) is 9.03. The fourth-order valence-corrected chi connectivity index (χ4v) is 2.93. The number of hydrogen-bond donors (Lipinski definition) is 1. The summed E-state index contributed by atoms with van der Waals surface area (Å²) < 4.78 is 0. The van der Waals surface area contributed by atoms with E-state index in [-0.39, 0.29) is 0 Å². The number of aryl methyl sites for hydroxylation is 1. The Morgan fingerprint density at radius 1 is 1.35 bits per heavy atom. The zero-order valence-electron chi connectivity index (χ0n) is 11.0. The van der Waals surface area contributed by atoms with Crippen LogP contribution in [-0.2, 0) is 6.42 Å². The molecule has 94 valence electrons. The number of rotatable bonds is 4. The first-order chi connectivity index (χ1) is 8.15. The molecule has 1 heterocycles. The zero-order valence-corrected chi connectivity index (χ0v) is 11.0. The molecule has 2 heteroatoms. The van der Waals surface area contributed by atoms with Crippen LogP contribution in [0.2, 0.25) is 0 Å². The lowest BCUT2D eigenvalue weighted by molar-refractivity contribution is 0.262. The minimum absolute atomic E-state index is 0.769. The summed E-state index contributed by atoms with van der Waals surface area (Å²) in [4.78, 5) is 2.62. The molecule has 1 aliphatic rings. The van der Waals surface area contributed by atoms with Crippen LogP contribution in [0, 0.1) is 5.92 Å². The second-order valence-corrected chi connectivity index (χ2v) is 5.53. The molecule has 0 aromatic heterocycles. The molecule has 1 fully saturated rings. The highest BCUT2D eigenvalue weighted by molar-refractivity contribution is 5.40. The van der Waals surface area contributed by atoms with Gasteiger partial charge in [0.25, 0.3) is 0 Å². The van der Waals surface area contributed by atoms with E-state index in [0.29, 0.717) is 0 Å². The van der Waals surface area contributed by atoms with Crippen LogP contribution in [0.15, 0.2) is 24.3 Å². The third kappa shape index (κ3) is 3.47. The fraction of sp³-hybridized carbons (Fsp3) is 0.600. The molecule has 2 N–H and O–H groups in total. The summed E-state index contributed by atoms with van der Waals surface area (Å²) >= 11 is 0. The van der Waals surface area contributed by atoms with Gasteiger partial charge in [-0.15, -0.1) is 0 Å². The van der Waals surface area contributed by atoms with Crippen LogP contribution in [0.5, 0.6) is 0 Å². The van der Waals surface area contributed by atoms with Crippen molar-refractivity contribution < 1.29 is 0 Å². The fourth-order valence-electron chi connectivity index (χ4n) is 2.93. The standard InChI is InChI=1S/C15H24N2/c1-12-9-13(2)17(11-12)8-4-6-14-5-3-7-15(16)10-14/h3,5,7,10,12-13H,4,6,8-9,11,16H2,1-2H3. The summed E-state index contributed by atoms with van der Waals surface area (Å²) in [5, 5.41) is 0. The van der Waals surface area contributed by atoms with Gasteiger partial charge in [-0.25, -0.2) is 0 Å². The Kier molecular flexibility index (Phi) is 4.06. The lowest BCUT2D eigenvalue weighted by Gasteiger charge is -2.20. The quantitative estimate of drug-likeness (QED) is 0.809. The first kappa shape index (κ1) is 12.4. The molecule has 2 nitrogen and oxygen atoms in total. The molecule has 0 radical (unpaired) electrons. The van der Waals surface area contributed by atoms with Crippen LogP contribution in [0.3, 0.4) is 0 Å². The van der Waals surface area contributed by atoms with E-state index in [2.05, 4.69) is 30.9 Å². The largest absolute Gasteiger partial charge is 0.399 e. The molecule has 1 aromatic carbocycles. The first-order valence-corrected chi connectivity index (χ1v) is 6.73. The average molecular weight is 232 g/mol. The van der Waals surface area contributed by atoms with Gasteiger partial charge in [0, 0.05) is 18.3 Å². The Morgan fingerprint density at radius 3 is 2.82 bits per heavy atom. The minimum atomic E-state index is 0.769. The maximum Gasteiger partial charge on any atom is 0.0316 e. The Labute approximate surface area is 105 Å². The SMILES string of the molecule is CC1CC(C)N(CCCc2cccc(N)c2)C1. The van der Waals surface area contributed by atoms with E-state index in [0.717, 1.165) is 24.1 Å². The van der Waals surface area contributed by atoms with E-state index in [1.807, 2.05) is 12.1 Å². The number of hydrogen-bond acceptors (Lipinski definition) is 2. The molecule has 2 unspecified atom stereocenters. The van der Waals surface area contributed by atoms with E-state index in [1.54, 1.807) is 0 Å². The molecular weight excluding hydrogens is 208 g/mol. The van der Waals surface area contributed by atoms with Crippen molar-refractivity contribution in [3.63, 3.8) is 0 Å². The van der Waals surface area contributed by atoms with Gasteiger partial charge in [0.15, 0.2) is 0 Å². The Morgan fingerprint density at radius 2 is 2.18 bits per heavy atom. The summed E-state index contributed by atoms with van der Waals surface area (Å²) in [5.41, 5.74) is 8.03. The third-order valence-corrected chi connectivity index (χ3v) is 3.77. The number of anilines is 1. The van der Waals surface area contributed by atoms with Gasteiger partial charge in [0.2, 0.25) is 0 Å². The number of nitrogen functional groups attached to an aromatic ring is 1. The number of likely N-dealkylation sites (tertiary alicyclic amines) is 1. The van der Waals surface area contributed by atoms with E-state index in [1.165, 1.54) is 31.5 Å². The van der Waals surface area contributed by atoms with Gasteiger partial charge in [0.05, 0.1) is 0 Å². The normalized spacial score (nSPS) is 25.3. The predicted molar refractivity (Wildman–Crippen MR) is 74.0 cm³/mol. The van der Waals surface area contributed by atoms with Crippen molar-refractivity contribution in [3.05, 3.63) is 29.8 Å². The molecule has 1 saturated heterocycles. The van der Waals surface area contributed by atoms with Crippen molar-refractivity contribution in [1.29, 1.82) is 0 Å². The molecule has 1 aliphatic heterocycles. The maximum atomic E-state index is 5.78. The lowest BCUT2D eigenvalue weighted by atomic mass is 10.1. The van der Waals surface area contributed by atoms with Gasteiger partial charge in [0.1, 0.15) is 0 Å². The van der Waals surface area contributed by atoms with E-state index < -0.39 is 0 Å². The average Bonchev–Trinajstić information content (AvgIpc) is 2.58.